The van der Waals surface area contributed by atoms with E-state index in [0.29, 0.717) is 5.56 Å². The first kappa shape index (κ1) is 18.3. The molecule has 24 heavy (non-hydrogen) atoms. The molecule has 0 spiro atoms. The second-order valence-electron chi connectivity index (χ2n) is 6.02. The Labute approximate surface area is 138 Å². The van der Waals surface area contributed by atoms with E-state index in [-0.39, 0.29) is 22.9 Å². The Morgan fingerprint density at radius 3 is 2.21 bits per heavy atom. The first-order chi connectivity index (χ1) is 11.0. The van der Waals surface area contributed by atoms with E-state index in [9.17, 15) is 22.2 Å². The van der Waals surface area contributed by atoms with Crippen molar-refractivity contribution >= 4 is 16.6 Å². The Morgan fingerprint density at radius 2 is 1.75 bits per heavy atom. The number of hydrogen-bond acceptors (Lipinski definition) is 5. The summed E-state index contributed by atoms with van der Waals surface area (Å²) in [4.78, 5) is 15.4. The summed E-state index contributed by atoms with van der Waals surface area (Å²) in [5, 5.41) is 3.27. The van der Waals surface area contributed by atoms with E-state index in [1.807, 2.05) is 0 Å². The van der Waals surface area contributed by atoms with Crippen molar-refractivity contribution in [3.63, 3.8) is 0 Å². The summed E-state index contributed by atoms with van der Waals surface area (Å²) in [7, 11) is -1.33. The van der Waals surface area contributed by atoms with Gasteiger partial charge in [0.15, 0.2) is 5.78 Å². The molecule has 0 saturated carbocycles. The zero-order chi connectivity index (χ0) is 18.1. The highest BCUT2D eigenvalue weighted by Gasteiger charge is 2.38. The quantitative estimate of drug-likeness (QED) is 0.781. The third-order valence-electron chi connectivity index (χ3n) is 3.08. The Morgan fingerprint density at radius 1 is 1.17 bits per heavy atom. The second-order valence-corrected chi connectivity index (χ2v) is 8.23. The largest absolute Gasteiger partial charge is 0.471 e. The minimum atomic E-state index is -4.71. The van der Waals surface area contributed by atoms with E-state index in [0.717, 1.165) is 0 Å². The Kier molecular flexibility index (Phi) is 4.93. The van der Waals surface area contributed by atoms with Crippen LogP contribution in [0.15, 0.2) is 28.8 Å². The van der Waals surface area contributed by atoms with Crippen molar-refractivity contribution in [1.29, 1.82) is 0 Å². The van der Waals surface area contributed by atoms with Crippen LogP contribution in [-0.4, -0.2) is 30.6 Å². The highest BCUT2D eigenvalue weighted by Crippen LogP contribution is 2.29. The zero-order valence-corrected chi connectivity index (χ0v) is 14.0. The fraction of sp³-hybridized carbons (Fsp3) is 0.400. The molecule has 5 nitrogen and oxygen atoms in total. The summed E-state index contributed by atoms with van der Waals surface area (Å²) in [5.74, 6) is -2.08. The molecule has 1 heterocycles. The van der Waals surface area contributed by atoms with Crippen LogP contribution in [0, 0.1) is 0 Å². The average molecular weight is 360 g/mol. The van der Waals surface area contributed by atoms with Crippen molar-refractivity contribution < 1.29 is 26.7 Å². The molecular formula is C15H15F3N2O3S. The Bertz CT molecular complexity index is 762. The third-order valence-corrected chi connectivity index (χ3v) is 4.97. The lowest BCUT2D eigenvalue weighted by Crippen LogP contribution is -2.27. The predicted molar refractivity (Wildman–Crippen MR) is 81.8 cm³/mol. The van der Waals surface area contributed by atoms with Gasteiger partial charge >= 0.3 is 12.1 Å². The van der Waals surface area contributed by atoms with Crippen LogP contribution in [0.4, 0.5) is 13.2 Å². The van der Waals surface area contributed by atoms with Gasteiger partial charge in [0.1, 0.15) is 0 Å². The molecule has 1 unspecified atom stereocenters. The van der Waals surface area contributed by atoms with Crippen LogP contribution in [0.2, 0.25) is 0 Å². The van der Waals surface area contributed by atoms with Gasteiger partial charge in [0, 0.05) is 26.7 Å². The lowest BCUT2D eigenvalue weighted by atomic mass is 10.1. The molecule has 0 fully saturated rings. The molecule has 1 aromatic carbocycles. The molecule has 0 saturated heterocycles. The van der Waals surface area contributed by atoms with Crippen molar-refractivity contribution in [2.75, 3.05) is 5.75 Å². The van der Waals surface area contributed by atoms with Crippen LogP contribution in [-0.2, 0) is 17.0 Å². The number of Topliss-reactive ketones (excluding diaryl/α,β-unsaturated/α-hetero) is 1. The summed E-state index contributed by atoms with van der Waals surface area (Å²) in [6, 6.07) is 5.69. The van der Waals surface area contributed by atoms with E-state index in [1.54, 1.807) is 20.8 Å². The summed E-state index contributed by atoms with van der Waals surface area (Å²) in [5.41, 5.74) is 0.596. The first-order valence-corrected chi connectivity index (χ1v) is 8.23. The molecular weight excluding hydrogens is 345 g/mol. The zero-order valence-electron chi connectivity index (χ0n) is 13.2. The molecule has 1 atom stereocenters. The molecule has 0 bridgehead atoms. The van der Waals surface area contributed by atoms with Crippen molar-refractivity contribution in [2.24, 2.45) is 0 Å². The Balaban J connectivity index is 2.15. The van der Waals surface area contributed by atoms with Gasteiger partial charge in [-0.3, -0.25) is 9.00 Å². The van der Waals surface area contributed by atoms with Gasteiger partial charge in [0.05, 0.1) is 5.75 Å². The van der Waals surface area contributed by atoms with Gasteiger partial charge in [-0.15, -0.1) is 0 Å². The van der Waals surface area contributed by atoms with E-state index in [2.05, 4.69) is 14.7 Å². The normalized spacial score (nSPS) is 13.8. The molecule has 130 valence electrons. The fourth-order valence-electron chi connectivity index (χ4n) is 1.68. The first-order valence-electron chi connectivity index (χ1n) is 6.91. The standard InChI is InChI=1S/C15H15F3N2O3S/c1-14(2,3)24(22)8-11(21)9-4-6-10(7-5-9)12-19-13(23-20-12)15(16,17)18/h4-7H,8H2,1-3H3. The van der Waals surface area contributed by atoms with Crippen molar-refractivity contribution in [2.45, 2.75) is 31.7 Å². The summed E-state index contributed by atoms with van der Waals surface area (Å²) >= 11 is 0. The van der Waals surface area contributed by atoms with Crippen molar-refractivity contribution in [3.8, 4) is 11.4 Å². The van der Waals surface area contributed by atoms with Crippen LogP contribution in [0.3, 0.4) is 0 Å². The highest BCUT2D eigenvalue weighted by molar-refractivity contribution is 7.87. The summed E-state index contributed by atoms with van der Waals surface area (Å²) in [6.45, 7) is 5.32. The van der Waals surface area contributed by atoms with E-state index >= 15 is 0 Å². The minimum absolute atomic E-state index is 0.122. The lowest BCUT2D eigenvalue weighted by Gasteiger charge is -2.16. The van der Waals surface area contributed by atoms with Crippen LogP contribution in [0.1, 0.15) is 37.0 Å². The number of carbonyl (C=O) groups excluding carboxylic acids is 1. The SMILES string of the molecule is CC(C)(C)S(=O)CC(=O)c1ccc(-c2noc(C(F)(F)F)n2)cc1. The smallest absolute Gasteiger partial charge is 0.329 e. The molecule has 2 aromatic rings. The number of hydrogen-bond donors (Lipinski definition) is 0. The molecule has 0 amide bonds. The molecule has 0 aliphatic carbocycles. The second kappa shape index (κ2) is 6.46. The molecule has 0 radical (unpaired) electrons. The number of ketones is 1. The maximum atomic E-state index is 12.4. The van der Waals surface area contributed by atoms with Gasteiger partial charge in [-0.2, -0.15) is 18.2 Å². The van der Waals surface area contributed by atoms with E-state index < -0.39 is 27.6 Å². The fourth-order valence-corrected chi connectivity index (χ4v) is 2.52. The average Bonchev–Trinajstić information content (AvgIpc) is 2.96. The predicted octanol–water partition coefficient (Wildman–Crippen LogP) is 3.49. The molecule has 9 heteroatoms. The molecule has 0 aliphatic heterocycles. The van der Waals surface area contributed by atoms with Gasteiger partial charge < -0.3 is 4.52 Å². The summed E-state index contributed by atoms with van der Waals surface area (Å²) < 4.78 is 52.9. The molecule has 0 N–H and O–H groups in total. The topological polar surface area (TPSA) is 73.1 Å². The van der Waals surface area contributed by atoms with E-state index in [1.165, 1.54) is 24.3 Å². The molecule has 2 rings (SSSR count). The number of alkyl halides is 3. The van der Waals surface area contributed by atoms with Crippen LogP contribution < -0.4 is 0 Å². The number of benzene rings is 1. The number of halogens is 3. The summed E-state index contributed by atoms with van der Waals surface area (Å²) in [6.07, 6.45) is -4.71. The number of aromatic nitrogens is 2. The van der Waals surface area contributed by atoms with Crippen molar-refractivity contribution in [3.05, 3.63) is 35.7 Å². The van der Waals surface area contributed by atoms with Gasteiger partial charge in [-0.05, 0) is 20.8 Å². The number of nitrogens with zero attached hydrogens (tertiary/aromatic N) is 2. The highest BCUT2D eigenvalue weighted by atomic mass is 32.2. The maximum Gasteiger partial charge on any atom is 0.471 e. The number of carbonyl (C=O) groups is 1. The van der Waals surface area contributed by atoms with Gasteiger partial charge in [-0.1, -0.05) is 29.4 Å². The van der Waals surface area contributed by atoms with Crippen LogP contribution in [0.5, 0.6) is 0 Å². The van der Waals surface area contributed by atoms with E-state index in [4.69, 9.17) is 0 Å². The number of rotatable bonds is 4. The minimum Gasteiger partial charge on any atom is -0.329 e. The maximum absolute atomic E-state index is 12.4. The third kappa shape index (κ3) is 4.28. The molecule has 1 aromatic heterocycles. The van der Waals surface area contributed by atoms with Gasteiger partial charge in [-0.25, -0.2) is 0 Å². The monoisotopic (exact) mass is 360 g/mol. The Hall–Kier alpha value is -2.03. The lowest BCUT2D eigenvalue weighted by molar-refractivity contribution is -0.159. The van der Waals surface area contributed by atoms with Crippen molar-refractivity contribution in [1.82, 2.24) is 10.1 Å². The van der Waals surface area contributed by atoms with Gasteiger partial charge in [0.2, 0.25) is 5.82 Å². The van der Waals surface area contributed by atoms with Crippen LogP contribution in [0.25, 0.3) is 11.4 Å². The van der Waals surface area contributed by atoms with Crippen LogP contribution >= 0.6 is 0 Å². The molecule has 0 aliphatic rings. The van der Waals surface area contributed by atoms with Gasteiger partial charge in [0.25, 0.3) is 0 Å².